The molecule has 1 amide bonds. The Morgan fingerprint density at radius 2 is 2.14 bits per heavy atom. The Morgan fingerprint density at radius 3 is 2.90 bits per heavy atom. The molecule has 0 aliphatic rings. The van der Waals surface area contributed by atoms with E-state index in [1.54, 1.807) is 11.5 Å². The smallest absolute Gasteiger partial charge is 0.276 e. The summed E-state index contributed by atoms with van der Waals surface area (Å²) in [4.78, 5) is 15.7. The molecule has 0 aliphatic carbocycles. The van der Waals surface area contributed by atoms with Crippen LogP contribution in [0, 0.1) is 6.92 Å². The lowest BCUT2D eigenvalue weighted by Crippen LogP contribution is -2.18. The van der Waals surface area contributed by atoms with Crippen molar-refractivity contribution in [3.05, 3.63) is 65.5 Å². The van der Waals surface area contributed by atoms with Crippen LogP contribution in [0.1, 0.15) is 21.5 Å². The summed E-state index contributed by atoms with van der Waals surface area (Å²) in [5.41, 5.74) is 6.07. The van der Waals surface area contributed by atoms with E-state index in [9.17, 15) is 4.79 Å². The first-order valence-corrected chi connectivity index (χ1v) is 6.63. The molecule has 2 heterocycles. The Hall–Kier alpha value is -2.66. The van der Waals surface area contributed by atoms with Gasteiger partial charge in [-0.3, -0.25) is 15.0 Å². The predicted octanol–water partition coefficient (Wildman–Crippen LogP) is 2.51. The molecule has 0 saturated heterocycles. The first-order valence-electron chi connectivity index (χ1n) is 6.63. The average molecular weight is 281 g/mol. The minimum atomic E-state index is -0.562. The zero-order valence-electron chi connectivity index (χ0n) is 11.6. The van der Waals surface area contributed by atoms with Crippen molar-refractivity contribution >= 4 is 16.9 Å². The van der Waals surface area contributed by atoms with Crippen molar-refractivity contribution in [2.24, 2.45) is 0 Å². The van der Waals surface area contributed by atoms with Gasteiger partial charge >= 0.3 is 0 Å². The quantitative estimate of drug-likeness (QED) is 0.572. The lowest BCUT2D eigenvalue weighted by molar-refractivity contribution is 0.0706. The molecule has 3 aromatic rings. The van der Waals surface area contributed by atoms with Crippen molar-refractivity contribution in [1.29, 1.82) is 0 Å². The van der Waals surface area contributed by atoms with E-state index < -0.39 is 5.91 Å². The molecular formula is C16H15N3O2. The van der Waals surface area contributed by atoms with Crippen molar-refractivity contribution in [1.82, 2.24) is 15.0 Å². The summed E-state index contributed by atoms with van der Waals surface area (Å²) < 4.78 is 2.04. The summed E-state index contributed by atoms with van der Waals surface area (Å²) >= 11 is 0. The molecule has 5 nitrogen and oxygen atoms in total. The zero-order valence-corrected chi connectivity index (χ0v) is 11.6. The normalized spacial score (nSPS) is 10.8. The van der Waals surface area contributed by atoms with Crippen LogP contribution in [0.4, 0.5) is 0 Å². The van der Waals surface area contributed by atoms with Gasteiger partial charge in [-0.2, -0.15) is 0 Å². The van der Waals surface area contributed by atoms with E-state index in [0.717, 1.165) is 11.0 Å². The molecule has 0 atom stereocenters. The van der Waals surface area contributed by atoms with Crippen LogP contribution in [-0.4, -0.2) is 20.7 Å². The number of carbonyl (C=O) groups is 1. The van der Waals surface area contributed by atoms with Gasteiger partial charge in [-0.25, -0.2) is 5.48 Å². The third-order valence-electron chi connectivity index (χ3n) is 3.58. The molecule has 3 rings (SSSR count). The van der Waals surface area contributed by atoms with Crippen LogP contribution >= 0.6 is 0 Å². The van der Waals surface area contributed by atoms with Gasteiger partial charge in [-0.05, 0) is 30.2 Å². The summed E-state index contributed by atoms with van der Waals surface area (Å²) in [6.45, 7) is 2.78. The molecule has 0 bridgehead atoms. The number of aryl methyl sites for hydroxylation is 1. The molecule has 0 saturated carbocycles. The van der Waals surface area contributed by atoms with Gasteiger partial charge in [0.05, 0.1) is 16.6 Å². The van der Waals surface area contributed by atoms with Gasteiger partial charge in [-0.15, -0.1) is 0 Å². The highest BCUT2D eigenvalue weighted by molar-refractivity contribution is 5.96. The topological polar surface area (TPSA) is 67.2 Å². The van der Waals surface area contributed by atoms with Gasteiger partial charge in [0, 0.05) is 18.9 Å². The van der Waals surface area contributed by atoms with Crippen LogP contribution in [0.2, 0.25) is 0 Å². The number of carbonyl (C=O) groups excluding carboxylic acids is 1. The average Bonchev–Trinajstić information content (AvgIpc) is 2.91. The van der Waals surface area contributed by atoms with Crippen molar-refractivity contribution < 1.29 is 10.0 Å². The summed E-state index contributed by atoms with van der Waals surface area (Å²) in [5, 5.41) is 8.72. The number of aromatic nitrogens is 2. The largest absolute Gasteiger partial charge is 0.342 e. The van der Waals surface area contributed by atoms with Gasteiger partial charge in [0.1, 0.15) is 0 Å². The number of hydroxylamine groups is 1. The number of hydrogen-bond donors (Lipinski definition) is 2. The number of hydrogen-bond acceptors (Lipinski definition) is 3. The van der Waals surface area contributed by atoms with Crippen molar-refractivity contribution in [3.63, 3.8) is 0 Å². The van der Waals surface area contributed by atoms with Crippen LogP contribution in [0.15, 0.2) is 48.8 Å². The zero-order chi connectivity index (χ0) is 14.8. The van der Waals surface area contributed by atoms with Crippen LogP contribution in [-0.2, 0) is 6.54 Å². The monoisotopic (exact) mass is 281 g/mol. The Bertz CT molecular complexity index is 808. The molecule has 1 aromatic carbocycles. The molecule has 0 spiro atoms. The molecular weight excluding hydrogens is 266 g/mol. The van der Waals surface area contributed by atoms with Gasteiger partial charge in [0.2, 0.25) is 0 Å². The Balaban J connectivity index is 2.03. The highest BCUT2D eigenvalue weighted by atomic mass is 16.5. The van der Waals surface area contributed by atoms with Crippen LogP contribution in [0.3, 0.4) is 0 Å². The number of fused-ring (bicyclic) bond motifs is 1. The minimum absolute atomic E-state index is 0.328. The van der Waals surface area contributed by atoms with E-state index in [-0.39, 0.29) is 0 Å². The Labute approximate surface area is 121 Å². The van der Waals surface area contributed by atoms with E-state index in [2.05, 4.69) is 24.0 Å². The second kappa shape index (κ2) is 5.38. The highest BCUT2D eigenvalue weighted by Gasteiger charge is 2.09. The van der Waals surface area contributed by atoms with E-state index >= 15 is 0 Å². The maximum Gasteiger partial charge on any atom is 0.276 e. The van der Waals surface area contributed by atoms with Crippen molar-refractivity contribution in [3.8, 4) is 0 Å². The number of amides is 1. The SMILES string of the molecule is Cc1ccccc1Cn1ccc2ncc(C(=O)NO)cc21. The Morgan fingerprint density at radius 1 is 1.33 bits per heavy atom. The lowest BCUT2D eigenvalue weighted by Gasteiger charge is -2.09. The maximum absolute atomic E-state index is 11.5. The van der Waals surface area contributed by atoms with Gasteiger partial charge in [0.15, 0.2) is 0 Å². The third-order valence-corrected chi connectivity index (χ3v) is 3.58. The second-order valence-corrected chi connectivity index (χ2v) is 4.94. The van der Waals surface area contributed by atoms with Gasteiger partial charge < -0.3 is 4.57 Å². The summed E-state index contributed by atoms with van der Waals surface area (Å²) in [6.07, 6.45) is 3.40. The number of pyridine rings is 1. The Kier molecular flexibility index (Phi) is 3.41. The molecule has 0 radical (unpaired) electrons. The van der Waals surface area contributed by atoms with Crippen molar-refractivity contribution in [2.75, 3.05) is 0 Å². The van der Waals surface area contributed by atoms with Gasteiger partial charge in [-0.1, -0.05) is 24.3 Å². The molecule has 0 aliphatic heterocycles. The van der Waals surface area contributed by atoms with E-state index in [4.69, 9.17) is 5.21 Å². The molecule has 0 unspecified atom stereocenters. The summed E-state index contributed by atoms with van der Waals surface area (Å²) in [5.74, 6) is -0.562. The maximum atomic E-state index is 11.5. The fraction of sp³-hybridized carbons (Fsp3) is 0.125. The lowest BCUT2D eigenvalue weighted by atomic mass is 10.1. The fourth-order valence-electron chi connectivity index (χ4n) is 2.36. The number of nitrogens with one attached hydrogen (secondary N) is 1. The predicted molar refractivity (Wildman–Crippen MR) is 79.3 cm³/mol. The van der Waals surface area contributed by atoms with E-state index in [0.29, 0.717) is 12.1 Å². The second-order valence-electron chi connectivity index (χ2n) is 4.94. The molecule has 106 valence electrons. The summed E-state index contributed by atoms with van der Waals surface area (Å²) in [7, 11) is 0. The van der Waals surface area contributed by atoms with Gasteiger partial charge in [0.25, 0.3) is 5.91 Å². The minimum Gasteiger partial charge on any atom is -0.342 e. The standard InChI is InChI=1S/C16H15N3O2/c1-11-4-2-3-5-12(11)10-19-7-6-14-15(19)8-13(9-17-14)16(20)18-21/h2-9,21H,10H2,1H3,(H,18,20). The highest BCUT2D eigenvalue weighted by Crippen LogP contribution is 2.18. The number of benzene rings is 1. The van der Waals surface area contributed by atoms with E-state index in [1.807, 2.05) is 29.0 Å². The van der Waals surface area contributed by atoms with Crippen LogP contribution < -0.4 is 5.48 Å². The fourth-order valence-corrected chi connectivity index (χ4v) is 2.36. The third kappa shape index (κ3) is 2.51. The molecule has 21 heavy (non-hydrogen) atoms. The number of nitrogens with zero attached hydrogens (tertiary/aromatic N) is 2. The van der Waals surface area contributed by atoms with Crippen LogP contribution in [0.25, 0.3) is 11.0 Å². The molecule has 5 heteroatoms. The molecule has 0 fully saturated rings. The summed E-state index contributed by atoms with van der Waals surface area (Å²) in [6, 6.07) is 11.8. The first-order chi connectivity index (χ1) is 10.2. The number of rotatable bonds is 3. The molecule has 2 N–H and O–H groups in total. The van der Waals surface area contributed by atoms with Crippen molar-refractivity contribution in [2.45, 2.75) is 13.5 Å². The van der Waals surface area contributed by atoms with E-state index in [1.165, 1.54) is 17.3 Å². The van der Waals surface area contributed by atoms with Crippen LogP contribution in [0.5, 0.6) is 0 Å². The first kappa shape index (κ1) is 13.3. The molecule has 2 aromatic heterocycles.